The van der Waals surface area contributed by atoms with Gasteiger partial charge >= 0.3 is 5.97 Å². The number of carbonyl (C=O) groups excluding carboxylic acids is 2. The Hall–Kier alpha value is -2.14. The van der Waals surface area contributed by atoms with Crippen LogP contribution in [-0.4, -0.2) is 47.7 Å². The van der Waals surface area contributed by atoms with Gasteiger partial charge in [-0.1, -0.05) is 49.4 Å². The maximum absolute atomic E-state index is 12.2. The van der Waals surface area contributed by atoms with Gasteiger partial charge in [-0.2, -0.15) is 0 Å². The fraction of sp³-hybridized carbons (Fsp3) is 0.600. The van der Waals surface area contributed by atoms with E-state index >= 15 is 0 Å². The van der Waals surface area contributed by atoms with Crippen LogP contribution in [0.4, 0.5) is 0 Å². The zero-order chi connectivity index (χ0) is 21.8. The lowest BCUT2D eigenvalue weighted by Crippen LogP contribution is -2.34. The van der Waals surface area contributed by atoms with E-state index in [0.29, 0.717) is 19.4 Å². The Morgan fingerprint density at radius 2 is 2.03 bits per heavy atom. The van der Waals surface area contributed by atoms with Crippen LogP contribution >= 0.6 is 0 Å². The summed E-state index contributed by atoms with van der Waals surface area (Å²) in [7, 11) is 1.40. The molecule has 1 N–H and O–H groups in total. The average Bonchev–Trinajstić information content (AvgIpc) is 3.12. The zero-order valence-electron chi connectivity index (χ0n) is 18.5. The van der Waals surface area contributed by atoms with Crippen LogP contribution in [0.2, 0.25) is 0 Å². The van der Waals surface area contributed by atoms with E-state index in [0.717, 1.165) is 44.9 Å². The summed E-state index contributed by atoms with van der Waals surface area (Å²) in [6, 6.07) is 10.6. The molecular weight excluding hydrogens is 378 g/mol. The molecule has 0 unspecified atom stereocenters. The van der Waals surface area contributed by atoms with Crippen LogP contribution in [0, 0.1) is 5.92 Å². The minimum absolute atomic E-state index is 0.185. The van der Waals surface area contributed by atoms with Gasteiger partial charge in [0.2, 0.25) is 5.91 Å². The lowest BCUT2D eigenvalue weighted by Gasteiger charge is -2.26. The molecule has 5 nitrogen and oxygen atoms in total. The van der Waals surface area contributed by atoms with Crippen molar-refractivity contribution in [1.29, 1.82) is 0 Å². The monoisotopic (exact) mass is 415 g/mol. The molecule has 3 atom stereocenters. The summed E-state index contributed by atoms with van der Waals surface area (Å²) in [5.41, 5.74) is 1.31. The third-order valence-corrected chi connectivity index (χ3v) is 6.08. The van der Waals surface area contributed by atoms with E-state index in [1.165, 1.54) is 12.7 Å². The van der Waals surface area contributed by atoms with Crippen molar-refractivity contribution in [1.82, 2.24) is 4.90 Å². The molecule has 1 heterocycles. The first-order valence-electron chi connectivity index (χ1n) is 11.2. The van der Waals surface area contributed by atoms with E-state index in [4.69, 9.17) is 0 Å². The summed E-state index contributed by atoms with van der Waals surface area (Å²) < 4.78 is 4.63. The van der Waals surface area contributed by atoms with Crippen LogP contribution in [-0.2, 0) is 20.7 Å². The Bertz CT molecular complexity index is 673. The molecule has 166 valence electrons. The smallest absolute Gasteiger partial charge is 0.305 e. The number of hydrogen-bond donors (Lipinski definition) is 1. The van der Waals surface area contributed by atoms with Crippen molar-refractivity contribution in [3.8, 4) is 0 Å². The first kappa shape index (κ1) is 24.1. The maximum atomic E-state index is 12.2. The minimum Gasteiger partial charge on any atom is -0.469 e. The highest BCUT2D eigenvalue weighted by molar-refractivity contribution is 5.78. The lowest BCUT2D eigenvalue weighted by atomic mass is 9.92. The largest absolute Gasteiger partial charge is 0.469 e. The first-order chi connectivity index (χ1) is 14.5. The number of rotatable bonds is 13. The number of benzene rings is 1. The Labute approximate surface area is 181 Å². The molecule has 1 saturated heterocycles. The number of esters is 1. The number of methoxy groups -OCH3 is 1. The van der Waals surface area contributed by atoms with Crippen molar-refractivity contribution in [2.45, 2.75) is 76.9 Å². The quantitative estimate of drug-likeness (QED) is 0.297. The number of likely N-dealkylation sites (tertiary alicyclic amines) is 1. The number of hydrogen-bond acceptors (Lipinski definition) is 4. The van der Waals surface area contributed by atoms with Gasteiger partial charge in [-0.3, -0.25) is 9.59 Å². The topological polar surface area (TPSA) is 66.8 Å². The molecule has 0 spiro atoms. The molecule has 1 aliphatic heterocycles. The summed E-state index contributed by atoms with van der Waals surface area (Å²) in [5.74, 6) is 0.256. The Balaban J connectivity index is 1.69. The maximum Gasteiger partial charge on any atom is 0.305 e. The fourth-order valence-electron chi connectivity index (χ4n) is 4.00. The van der Waals surface area contributed by atoms with Gasteiger partial charge in [-0.25, -0.2) is 0 Å². The molecule has 2 rings (SSSR count). The highest BCUT2D eigenvalue weighted by Crippen LogP contribution is 2.25. The minimum atomic E-state index is -0.333. The van der Waals surface area contributed by atoms with Gasteiger partial charge in [0.15, 0.2) is 0 Å². The molecule has 1 aromatic carbocycles. The zero-order valence-corrected chi connectivity index (χ0v) is 18.5. The summed E-state index contributed by atoms with van der Waals surface area (Å²) in [6.07, 6.45) is 10.7. The molecule has 1 aromatic rings. The van der Waals surface area contributed by atoms with Crippen LogP contribution in [0.3, 0.4) is 0 Å². The molecule has 30 heavy (non-hydrogen) atoms. The highest BCUT2D eigenvalue weighted by Gasteiger charge is 2.30. The predicted molar refractivity (Wildman–Crippen MR) is 119 cm³/mol. The summed E-state index contributed by atoms with van der Waals surface area (Å²) in [4.78, 5) is 25.3. The van der Waals surface area contributed by atoms with Gasteiger partial charge in [0.05, 0.1) is 13.2 Å². The van der Waals surface area contributed by atoms with Gasteiger partial charge in [-0.15, -0.1) is 0 Å². The van der Waals surface area contributed by atoms with Gasteiger partial charge in [0.25, 0.3) is 0 Å². The third-order valence-electron chi connectivity index (χ3n) is 6.08. The molecule has 0 aliphatic carbocycles. The molecule has 0 radical (unpaired) electrons. The lowest BCUT2D eigenvalue weighted by molar-refractivity contribution is -0.140. The van der Waals surface area contributed by atoms with E-state index in [1.807, 2.05) is 23.1 Å². The second kappa shape index (κ2) is 13.2. The van der Waals surface area contributed by atoms with Crippen LogP contribution < -0.4 is 0 Å². The van der Waals surface area contributed by atoms with Crippen LogP contribution in [0.5, 0.6) is 0 Å². The Morgan fingerprint density at radius 3 is 2.77 bits per heavy atom. The van der Waals surface area contributed by atoms with E-state index in [1.54, 1.807) is 0 Å². The van der Waals surface area contributed by atoms with E-state index in [2.05, 4.69) is 35.9 Å². The number of ether oxygens (including phenoxy) is 1. The number of aliphatic hydroxyl groups excluding tert-OH is 1. The highest BCUT2D eigenvalue weighted by atomic mass is 16.5. The van der Waals surface area contributed by atoms with Crippen LogP contribution in [0.15, 0.2) is 42.5 Å². The van der Waals surface area contributed by atoms with Gasteiger partial charge in [0.1, 0.15) is 0 Å². The summed E-state index contributed by atoms with van der Waals surface area (Å²) in [5, 5.41) is 10.6. The van der Waals surface area contributed by atoms with Gasteiger partial charge in [-0.05, 0) is 56.4 Å². The fourth-order valence-corrected chi connectivity index (χ4v) is 4.00. The number of aryl methyl sites for hydroxylation is 1. The molecule has 1 amide bonds. The van der Waals surface area contributed by atoms with Crippen LogP contribution in [0.25, 0.3) is 0 Å². The number of aliphatic hydroxyl groups is 1. The molecule has 5 heteroatoms. The van der Waals surface area contributed by atoms with E-state index in [9.17, 15) is 14.7 Å². The number of unbranched alkanes of at least 4 members (excludes halogenated alkanes) is 1. The van der Waals surface area contributed by atoms with Crippen molar-refractivity contribution >= 4 is 11.9 Å². The predicted octanol–water partition coefficient (Wildman–Crippen LogP) is 4.29. The normalized spacial score (nSPS) is 18.7. The van der Waals surface area contributed by atoms with Crippen LogP contribution in [0.1, 0.15) is 63.9 Å². The standard InChI is InChI=1S/C25H37NO4/c1-20(13-14-21-10-6-5-7-11-21)23(27)17-15-22-16-18-24(28)26(22)19-9-4-3-8-12-25(29)30-2/h4-7,9-11,20,22-23,27H,3,8,12-19H2,1-2H3/b9-4+/t20-,22-,23+/m0/s1. The van der Waals surface area contributed by atoms with E-state index < -0.39 is 0 Å². The second-order valence-electron chi connectivity index (χ2n) is 8.32. The average molecular weight is 416 g/mol. The number of nitrogens with zero attached hydrogens (tertiary/aromatic N) is 1. The Kier molecular flexibility index (Phi) is 10.6. The first-order valence-corrected chi connectivity index (χ1v) is 11.2. The van der Waals surface area contributed by atoms with Crippen molar-refractivity contribution < 1.29 is 19.4 Å². The SMILES string of the molecule is COC(=O)CCC/C=C/CN1C(=O)CC[C@@H]1CC[C@@H](O)[C@@H](C)CCc1ccccc1. The second-order valence-corrected chi connectivity index (χ2v) is 8.32. The van der Waals surface area contributed by atoms with E-state index in [-0.39, 0.29) is 29.9 Å². The molecule has 0 saturated carbocycles. The van der Waals surface area contributed by atoms with Crippen molar-refractivity contribution in [3.05, 3.63) is 48.0 Å². The van der Waals surface area contributed by atoms with Crippen molar-refractivity contribution in [2.75, 3.05) is 13.7 Å². The molecule has 1 fully saturated rings. The number of amides is 1. The van der Waals surface area contributed by atoms with Gasteiger partial charge in [0, 0.05) is 25.4 Å². The number of carbonyl (C=O) groups is 2. The van der Waals surface area contributed by atoms with Crippen molar-refractivity contribution in [3.63, 3.8) is 0 Å². The Morgan fingerprint density at radius 1 is 1.27 bits per heavy atom. The summed E-state index contributed by atoms with van der Waals surface area (Å²) >= 11 is 0. The van der Waals surface area contributed by atoms with Gasteiger partial charge < -0.3 is 14.7 Å². The summed E-state index contributed by atoms with van der Waals surface area (Å²) in [6.45, 7) is 2.73. The molecule has 1 aliphatic rings. The molecule has 0 aromatic heterocycles. The van der Waals surface area contributed by atoms with Crippen molar-refractivity contribution in [2.24, 2.45) is 5.92 Å². The third kappa shape index (κ3) is 8.31. The molecule has 0 bridgehead atoms. The number of allylic oxidation sites excluding steroid dienone is 1. The molecular formula is C25H37NO4.